The van der Waals surface area contributed by atoms with Crippen LogP contribution in [0.3, 0.4) is 0 Å². The molecule has 8 heteroatoms. The first kappa shape index (κ1) is 20.9. The van der Waals surface area contributed by atoms with E-state index in [1.807, 2.05) is 13.8 Å². The van der Waals surface area contributed by atoms with E-state index in [9.17, 15) is 18.0 Å². The van der Waals surface area contributed by atoms with Crippen LogP contribution in [0, 0.1) is 0 Å². The normalized spacial score (nSPS) is 12.7. The molecule has 130 valence electrons. The van der Waals surface area contributed by atoms with Gasteiger partial charge in [0.15, 0.2) is 5.25 Å². The Kier molecular flexibility index (Phi) is 10.8. The fourth-order valence-corrected chi connectivity index (χ4v) is 2.33. The third kappa shape index (κ3) is 9.73. The van der Waals surface area contributed by atoms with E-state index >= 15 is 0 Å². The van der Waals surface area contributed by atoms with Crippen molar-refractivity contribution in [1.82, 2.24) is 0 Å². The van der Waals surface area contributed by atoms with Crippen molar-refractivity contribution < 1.29 is 32.0 Å². The lowest BCUT2D eigenvalue weighted by molar-refractivity contribution is -0.150. The van der Waals surface area contributed by atoms with Gasteiger partial charge in [-0.15, -0.1) is 0 Å². The van der Waals surface area contributed by atoms with Crippen LogP contribution in [0.25, 0.3) is 0 Å². The van der Waals surface area contributed by atoms with Crippen LogP contribution in [-0.2, 0) is 29.2 Å². The molecular weight excluding hydrogens is 312 g/mol. The van der Waals surface area contributed by atoms with E-state index in [0.717, 1.165) is 25.7 Å². The highest BCUT2D eigenvalue weighted by Crippen LogP contribution is 2.10. The maximum Gasteiger partial charge on any atom is 0.327 e. The largest absolute Gasteiger partial charge is 0.466 e. The van der Waals surface area contributed by atoms with Crippen LogP contribution < -0.4 is 0 Å². The zero-order valence-corrected chi connectivity index (χ0v) is 14.1. The molecule has 0 spiro atoms. The van der Waals surface area contributed by atoms with Crippen molar-refractivity contribution in [2.75, 3.05) is 13.2 Å². The Balaban J connectivity index is 4.40. The Bertz CT molecular complexity index is 430. The SMILES string of the molecule is CCCCCOC(=O)C[C@@H](C(=O)OCCCCC)S(=O)(=O)O. The van der Waals surface area contributed by atoms with E-state index in [4.69, 9.17) is 14.0 Å². The number of ether oxygens (including phenoxy) is 2. The Morgan fingerprint density at radius 2 is 1.45 bits per heavy atom. The quantitative estimate of drug-likeness (QED) is 0.330. The van der Waals surface area contributed by atoms with Gasteiger partial charge in [0.1, 0.15) is 0 Å². The fraction of sp³-hybridized carbons (Fsp3) is 0.857. The minimum Gasteiger partial charge on any atom is -0.466 e. The standard InChI is InChI=1S/C14H26O7S/c1-3-5-7-9-20-13(15)11-12(22(17,18)19)14(16)21-10-8-6-4-2/h12H,3-11H2,1-2H3,(H,17,18,19)/t12-/m0/s1. The van der Waals surface area contributed by atoms with Crippen molar-refractivity contribution in [2.45, 2.75) is 64.0 Å². The number of carbonyl (C=O) groups excluding carboxylic acids is 2. The minimum absolute atomic E-state index is 0.0598. The molecule has 0 unspecified atom stereocenters. The van der Waals surface area contributed by atoms with E-state index < -0.39 is 33.7 Å². The molecule has 0 amide bonds. The molecule has 0 aliphatic heterocycles. The first-order valence-corrected chi connectivity index (χ1v) is 9.11. The molecule has 0 saturated carbocycles. The number of hydrogen-bond acceptors (Lipinski definition) is 6. The molecule has 0 aliphatic rings. The highest BCUT2D eigenvalue weighted by molar-refractivity contribution is 7.87. The van der Waals surface area contributed by atoms with Crippen molar-refractivity contribution in [3.05, 3.63) is 0 Å². The first-order valence-electron chi connectivity index (χ1n) is 7.61. The molecule has 0 aromatic rings. The molecule has 1 N–H and O–H groups in total. The van der Waals surface area contributed by atoms with Crippen LogP contribution in [0.1, 0.15) is 58.8 Å². The number of esters is 2. The fourth-order valence-electron chi connectivity index (χ4n) is 1.68. The van der Waals surface area contributed by atoms with Crippen molar-refractivity contribution in [3.8, 4) is 0 Å². The van der Waals surface area contributed by atoms with Crippen LogP contribution in [0.4, 0.5) is 0 Å². The predicted molar refractivity (Wildman–Crippen MR) is 80.9 cm³/mol. The Morgan fingerprint density at radius 3 is 1.91 bits per heavy atom. The lowest BCUT2D eigenvalue weighted by atomic mass is 10.2. The van der Waals surface area contributed by atoms with Crippen LogP contribution in [0.2, 0.25) is 0 Å². The summed E-state index contributed by atoms with van der Waals surface area (Å²) < 4.78 is 41.1. The van der Waals surface area contributed by atoms with E-state index in [1.165, 1.54) is 0 Å². The molecule has 0 fully saturated rings. The Morgan fingerprint density at radius 1 is 0.955 bits per heavy atom. The number of rotatable bonds is 12. The average Bonchev–Trinajstić information content (AvgIpc) is 2.44. The van der Waals surface area contributed by atoms with Crippen molar-refractivity contribution >= 4 is 22.1 Å². The van der Waals surface area contributed by atoms with Crippen LogP contribution >= 0.6 is 0 Å². The summed E-state index contributed by atoms with van der Waals surface area (Å²) in [5.74, 6) is -1.96. The van der Waals surface area contributed by atoms with E-state index in [1.54, 1.807) is 0 Å². The third-order valence-electron chi connectivity index (χ3n) is 2.98. The highest BCUT2D eigenvalue weighted by Gasteiger charge is 2.35. The average molecular weight is 338 g/mol. The molecule has 0 radical (unpaired) electrons. The monoisotopic (exact) mass is 338 g/mol. The third-order valence-corrected chi connectivity index (χ3v) is 4.06. The molecule has 0 rings (SSSR count). The van der Waals surface area contributed by atoms with Crippen LogP contribution in [0.5, 0.6) is 0 Å². The Hall–Kier alpha value is -1.15. The number of unbranched alkanes of at least 4 members (excludes halogenated alkanes) is 4. The van der Waals surface area contributed by atoms with Gasteiger partial charge in [0, 0.05) is 0 Å². The van der Waals surface area contributed by atoms with Gasteiger partial charge in [-0.2, -0.15) is 8.42 Å². The van der Waals surface area contributed by atoms with Gasteiger partial charge in [0.25, 0.3) is 10.1 Å². The zero-order chi connectivity index (χ0) is 17.0. The molecule has 0 heterocycles. The molecule has 0 aliphatic carbocycles. The molecule has 0 bridgehead atoms. The lowest BCUT2D eigenvalue weighted by Gasteiger charge is -2.13. The second-order valence-corrected chi connectivity index (χ2v) is 6.61. The van der Waals surface area contributed by atoms with Gasteiger partial charge in [-0.25, -0.2) is 0 Å². The summed E-state index contributed by atoms with van der Waals surface area (Å²) >= 11 is 0. The summed E-state index contributed by atoms with van der Waals surface area (Å²) in [6.07, 6.45) is 4.12. The van der Waals surface area contributed by atoms with Gasteiger partial charge in [0.2, 0.25) is 0 Å². The highest BCUT2D eigenvalue weighted by atomic mass is 32.2. The molecule has 0 aromatic carbocycles. The second-order valence-electron chi connectivity index (χ2n) is 5.01. The molecular formula is C14H26O7S. The number of carbonyl (C=O) groups is 2. The smallest absolute Gasteiger partial charge is 0.327 e. The van der Waals surface area contributed by atoms with E-state index in [-0.39, 0.29) is 13.2 Å². The molecule has 0 saturated heterocycles. The maximum atomic E-state index is 11.7. The second kappa shape index (κ2) is 11.4. The van der Waals surface area contributed by atoms with Crippen molar-refractivity contribution in [2.24, 2.45) is 0 Å². The molecule has 1 atom stereocenters. The van der Waals surface area contributed by atoms with Crippen LogP contribution in [-0.4, -0.2) is 43.4 Å². The summed E-state index contributed by atoms with van der Waals surface area (Å²) in [5, 5.41) is -1.92. The molecule has 7 nitrogen and oxygen atoms in total. The molecule has 22 heavy (non-hydrogen) atoms. The topological polar surface area (TPSA) is 107 Å². The lowest BCUT2D eigenvalue weighted by Crippen LogP contribution is -2.34. The van der Waals surface area contributed by atoms with Crippen molar-refractivity contribution in [1.29, 1.82) is 0 Å². The summed E-state index contributed by atoms with van der Waals surface area (Å²) in [7, 11) is -4.71. The van der Waals surface area contributed by atoms with Gasteiger partial charge < -0.3 is 9.47 Å². The van der Waals surface area contributed by atoms with Gasteiger partial charge in [-0.05, 0) is 12.8 Å². The maximum absolute atomic E-state index is 11.7. The summed E-state index contributed by atoms with van der Waals surface area (Å²) in [4.78, 5) is 23.2. The minimum atomic E-state index is -4.71. The predicted octanol–water partition coefficient (Wildman–Crippen LogP) is 2.10. The first-order chi connectivity index (χ1) is 10.3. The Labute approximate surface area is 132 Å². The van der Waals surface area contributed by atoms with Gasteiger partial charge >= 0.3 is 11.9 Å². The number of hydrogen-bond donors (Lipinski definition) is 1. The summed E-state index contributed by atoms with van der Waals surface area (Å²) in [6.45, 7) is 4.18. The van der Waals surface area contributed by atoms with Gasteiger partial charge in [0.05, 0.1) is 19.6 Å². The van der Waals surface area contributed by atoms with Gasteiger partial charge in [-0.1, -0.05) is 39.5 Å². The van der Waals surface area contributed by atoms with Crippen molar-refractivity contribution in [3.63, 3.8) is 0 Å². The molecule has 0 aromatic heterocycles. The van der Waals surface area contributed by atoms with Crippen LogP contribution in [0.15, 0.2) is 0 Å². The van der Waals surface area contributed by atoms with E-state index in [0.29, 0.717) is 12.8 Å². The summed E-state index contributed by atoms with van der Waals surface area (Å²) in [6, 6.07) is 0. The summed E-state index contributed by atoms with van der Waals surface area (Å²) in [5.41, 5.74) is 0. The van der Waals surface area contributed by atoms with E-state index in [2.05, 4.69) is 0 Å². The van der Waals surface area contributed by atoms with Gasteiger partial charge in [-0.3, -0.25) is 14.1 Å². The zero-order valence-electron chi connectivity index (χ0n) is 13.2.